The molecule has 0 aliphatic heterocycles. The summed E-state index contributed by atoms with van der Waals surface area (Å²) in [6.07, 6.45) is 3.51. The highest BCUT2D eigenvalue weighted by molar-refractivity contribution is 5.86. The molecule has 3 aromatic rings. The van der Waals surface area contributed by atoms with Crippen LogP contribution in [0.3, 0.4) is 0 Å². The van der Waals surface area contributed by atoms with Crippen LogP contribution >= 0.6 is 0 Å². The largest absolute Gasteiger partial charge is 0.365 e. The highest BCUT2D eigenvalue weighted by Gasteiger charge is 2.10. The summed E-state index contributed by atoms with van der Waals surface area (Å²) in [4.78, 5) is 8.47. The van der Waals surface area contributed by atoms with Gasteiger partial charge in [0.25, 0.3) is 0 Å². The lowest BCUT2D eigenvalue weighted by atomic mass is 10.2. The average molecular weight is 273 g/mol. The van der Waals surface area contributed by atoms with Crippen molar-refractivity contribution < 1.29 is 0 Å². The molecule has 0 saturated heterocycles. The smallest absolute Gasteiger partial charge is 0.241 e. The van der Waals surface area contributed by atoms with E-state index < -0.39 is 0 Å². The first-order valence-electron chi connectivity index (χ1n) is 6.08. The minimum Gasteiger partial charge on any atom is -0.365 e. The molecule has 0 fully saturated rings. The molecule has 9 heteroatoms. The molecule has 9 nitrogen and oxygen atoms in total. The lowest BCUT2D eigenvalue weighted by molar-refractivity contribution is 0.738. The molecule has 0 bridgehead atoms. The Morgan fingerprint density at radius 3 is 2.90 bits per heavy atom. The second-order valence-electron chi connectivity index (χ2n) is 4.40. The maximum Gasteiger partial charge on any atom is 0.241 e. The van der Waals surface area contributed by atoms with Gasteiger partial charge in [0.1, 0.15) is 5.82 Å². The third kappa shape index (κ3) is 2.03. The normalized spacial score (nSPS) is 10.9. The van der Waals surface area contributed by atoms with Crippen LogP contribution in [-0.4, -0.2) is 29.9 Å². The Morgan fingerprint density at radius 1 is 1.35 bits per heavy atom. The molecule has 0 aliphatic rings. The Kier molecular flexibility index (Phi) is 2.95. The molecule has 3 rings (SSSR count). The minimum atomic E-state index is 0.326. The zero-order valence-corrected chi connectivity index (χ0v) is 11.2. The van der Waals surface area contributed by atoms with E-state index >= 15 is 0 Å². The molecule has 3 heterocycles. The number of rotatable bonds is 4. The van der Waals surface area contributed by atoms with Gasteiger partial charge in [-0.2, -0.15) is 20.2 Å². The van der Waals surface area contributed by atoms with Gasteiger partial charge >= 0.3 is 0 Å². The molecule has 20 heavy (non-hydrogen) atoms. The van der Waals surface area contributed by atoms with Gasteiger partial charge in [-0.3, -0.25) is 15.2 Å². The summed E-state index contributed by atoms with van der Waals surface area (Å²) in [7, 11) is 1.91. The van der Waals surface area contributed by atoms with E-state index in [4.69, 9.17) is 5.84 Å². The van der Waals surface area contributed by atoms with Crippen LogP contribution in [0.25, 0.3) is 11.0 Å². The quantitative estimate of drug-likeness (QED) is 0.398. The number of aryl methyl sites for hydroxylation is 1. The second kappa shape index (κ2) is 4.78. The number of anilines is 2. The van der Waals surface area contributed by atoms with Gasteiger partial charge in [-0.1, -0.05) is 0 Å². The van der Waals surface area contributed by atoms with Crippen LogP contribution in [-0.2, 0) is 13.6 Å². The molecule has 0 atom stereocenters. The molecular weight excluding hydrogens is 258 g/mol. The second-order valence-corrected chi connectivity index (χ2v) is 4.40. The molecule has 0 aromatic carbocycles. The van der Waals surface area contributed by atoms with Gasteiger partial charge < -0.3 is 5.32 Å². The summed E-state index contributed by atoms with van der Waals surface area (Å²) in [5.74, 6) is 6.36. The van der Waals surface area contributed by atoms with Crippen molar-refractivity contribution in [3.05, 3.63) is 23.7 Å². The van der Waals surface area contributed by atoms with Crippen LogP contribution < -0.4 is 16.6 Å². The Balaban J connectivity index is 1.90. The van der Waals surface area contributed by atoms with Gasteiger partial charge in [0.05, 0.1) is 17.8 Å². The molecule has 0 radical (unpaired) electrons. The Morgan fingerprint density at radius 2 is 2.20 bits per heavy atom. The number of aromatic amines is 1. The van der Waals surface area contributed by atoms with E-state index in [9.17, 15) is 0 Å². The van der Waals surface area contributed by atoms with Crippen LogP contribution in [0.2, 0.25) is 0 Å². The summed E-state index contributed by atoms with van der Waals surface area (Å²) in [5, 5.41) is 15.0. The van der Waals surface area contributed by atoms with E-state index in [1.54, 1.807) is 6.20 Å². The van der Waals surface area contributed by atoms with E-state index in [0.29, 0.717) is 24.0 Å². The molecular formula is C11H15N9. The number of nitrogens with one attached hydrogen (secondary N) is 3. The Hall–Kier alpha value is -2.68. The SMILES string of the molecule is Cc1c(CNc2nc(NN)nc3[nH]ncc23)cnn1C. The van der Waals surface area contributed by atoms with Crippen molar-refractivity contribution in [1.82, 2.24) is 29.9 Å². The molecule has 3 aromatic heterocycles. The van der Waals surface area contributed by atoms with E-state index in [1.165, 1.54) is 0 Å². The average Bonchev–Trinajstić information content (AvgIpc) is 3.05. The number of fused-ring (bicyclic) bond motifs is 1. The number of nitrogens with zero attached hydrogens (tertiary/aromatic N) is 5. The number of hydrogen-bond acceptors (Lipinski definition) is 7. The summed E-state index contributed by atoms with van der Waals surface area (Å²) in [6.45, 7) is 2.63. The first-order chi connectivity index (χ1) is 9.69. The highest BCUT2D eigenvalue weighted by atomic mass is 15.3. The maximum atomic E-state index is 5.36. The van der Waals surface area contributed by atoms with Gasteiger partial charge in [0, 0.05) is 24.8 Å². The molecule has 104 valence electrons. The number of aromatic nitrogens is 6. The fourth-order valence-electron chi connectivity index (χ4n) is 1.93. The summed E-state index contributed by atoms with van der Waals surface area (Å²) in [5.41, 5.74) is 5.27. The predicted molar refractivity (Wildman–Crippen MR) is 74.8 cm³/mol. The monoisotopic (exact) mass is 273 g/mol. The van der Waals surface area contributed by atoms with Crippen LogP contribution in [0.15, 0.2) is 12.4 Å². The molecule has 0 aliphatic carbocycles. The lowest BCUT2D eigenvalue weighted by Gasteiger charge is -2.08. The predicted octanol–water partition coefficient (Wildman–Crippen LogP) is 0.293. The van der Waals surface area contributed by atoms with E-state index in [1.807, 2.05) is 24.9 Å². The van der Waals surface area contributed by atoms with E-state index in [-0.39, 0.29) is 0 Å². The molecule has 0 saturated carbocycles. The third-order valence-electron chi connectivity index (χ3n) is 3.22. The van der Waals surface area contributed by atoms with Gasteiger partial charge in [-0.25, -0.2) is 5.84 Å². The number of hydrazine groups is 1. The summed E-state index contributed by atoms with van der Waals surface area (Å²) in [6, 6.07) is 0. The fraction of sp³-hybridized carbons (Fsp3) is 0.273. The zero-order valence-electron chi connectivity index (χ0n) is 11.2. The van der Waals surface area contributed by atoms with Crippen molar-refractivity contribution >= 4 is 22.8 Å². The third-order valence-corrected chi connectivity index (χ3v) is 3.22. The summed E-state index contributed by atoms with van der Waals surface area (Å²) >= 11 is 0. The minimum absolute atomic E-state index is 0.326. The number of nitrogen functional groups attached to an aromatic ring is 1. The summed E-state index contributed by atoms with van der Waals surface area (Å²) < 4.78 is 1.83. The first kappa shape index (κ1) is 12.4. The van der Waals surface area contributed by atoms with Crippen molar-refractivity contribution in [2.75, 3.05) is 10.7 Å². The van der Waals surface area contributed by atoms with Crippen LogP contribution in [0, 0.1) is 6.92 Å². The Bertz CT molecular complexity index is 742. The van der Waals surface area contributed by atoms with Gasteiger partial charge in [-0.05, 0) is 6.92 Å². The number of H-pyrrole nitrogens is 1. The maximum absolute atomic E-state index is 5.36. The zero-order chi connectivity index (χ0) is 14.1. The van der Waals surface area contributed by atoms with E-state index in [0.717, 1.165) is 16.6 Å². The van der Waals surface area contributed by atoms with Gasteiger partial charge in [-0.15, -0.1) is 0 Å². The van der Waals surface area contributed by atoms with Crippen LogP contribution in [0.1, 0.15) is 11.3 Å². The van der Waals surface area contributed by atoms with Gasteiger partial charge in [0.2, 0.25) is 5.95 Å². The Labute approximate surface area is 114 Å². The van der Waals surface area contributed by atoms with Gasteiger partial charge in [0.15, 0.2) is 5.65 Å². The molecule has 0 spiro atoms. The molecule has 5 N–H and O–H groups in total. The van der Waals surface area contributed by atoms with Crippen molar-refractivity contribution in [2.45, 2.75) is 13.5 Å². The topological polar surface area (TPSA) is 122 Å². The standard InChI is InChI=1S/C11H15N9/c1-6-7(4-15-20(6)2)3-13-9-8-5-14-19-10(8)17-11(16-9)18-12/h4-5H,3,12H2,1-2H3,(H3,13,14,16,17,18,19). The molecule has 0 unspecified atom stereocenters. The lowest BCUT2D eigenvalue weighted by Crippen LogP contribution is -2.12. The number of nitrogens with two attached hydrogens (primary N) is 1. The van der Waals surface area contributed by atoms with Crippen molar-refractivity contribution in [3.63, 3.8) is 0 Å². The van der Waals surface area contributed by atoms with Crippen molar-refractivity contribution in [3.8, 4) is 0 Å². The van der Waals surface area contributed by atoms with Crippen LogP contribution in [0.5, 0.6) is 0 Å². The van der Waals surface area contributed by atoms with Crippen LogP contribution in [0.4, 0.5) is 11.8 Å². The first-order valence-corrected chi connectivity index (χ1v) is 6.08. The fourth-order valence-corrected chi connectivity index (χ4v) is 1.93. The van der Waals surface area contributed by atoms with E-state index in [2.05, 4.69) is 36.0 Å². The van der Waals surface area contributed by atoms with Crippen molar-refractivity contribution in [2.24, 2.45) is 12.9 Å². The molecule has 0 amide bonds. The highest BCUT2D eigenvalue weighted by Crippen LogP contribution is 2.20. The number of hydrogen-bond donors (Lipinski definition) is 4. The van der Waals surface area contributed by atoms with Crippen molar-refractivity contribution in [1.29, 1.82) is 0 Å².